The first-order valence-corrected chi connectivity index (χ1v) is 12.0. The van der Waals surface area contributed by atoms with Gasteiger partial charge in [-0.3, -0.25) is 14.4 Å². The third-order valence-electron chi connectivity index (χ3n) is 4.77. The molecule has 1 aliphatic heterocycles. The van der Waals surface area contributed by atoms with Gasteiger partial charge in [0.1, 0.15) is 0 Å². The molecule has 1 N–H and O–H groups in total. The zero-order chi connectivity index (χ0) is 21.1. The van der Waals surface area contributed by atoms with Crippen LogP contribution in [0.5, 0.6) is 0 Å². The van der Waals surface area contributed by atoms with Crippen LogP contribution in [-0.2, 0) is 14.8 Å². The third kappa shape index (κ3) is 4.44. The molecule has 6 nitrogen and oxygen atoms in total. The van der Waals surface area contributed by atoms with Gasteiger partial charge in [-0.15, -0.1) is 0 Å². The van der Waals surface area contributed by atoms with E-state index < -0.39 is 10.0 Å². The van der Waals surface area contributed by atoms with E-state index in [1.54, 1.807) is 30.3 Å². The molecule has 1 saturated heterocycles. The van der Waals surface area contributed by atoms with Crippen LogP contribution >= 0.6 is 11.3 Å². The number of aryl methyl sites for hydroxylation is 1. The summed E-state index contributed by atoms with van der Waals surface area (Å²) in [6.07, 6.45) is 3.78. The maximum atomic E-state index is 12.3. The summed E-state index contributed by atoms with van der Waals surface area (Å²) >= 11 is 1.44. The van der Waals surface area contributed by atoms with Gasteiger partial charge in [-0.05, 0) is 42.7 Å². The van der Waals surface area contributed by atoms with E-state index >= 15 is 0 Å². The van der Waals surface area contributed by atoms with E-state index in [-0.39, 0.29) is 11.7 Å². The van der Waals surface area contributed by atoms with Crippen molar-refractivity contribution < 1.29 is 13.2 Å². The first-order valence-electron chi connectivity index (χ1n) is 9.55. The van der Waals surface area contributed by atoms with Crippen molar-refractivity contribution in [3.05, 3.63) is 71.9 Å². The normalized spacial score (nSPS) is 15.6. The summed E-state index contributed by atoms with van der Waals surface area (Å²) in [4.78, 5) is 17.8. The van der Waals surface area contributed by atoms with Crippen molar-refractivity contribution in [3.63, 3.8) is 0 Å². The Bertz CT molecular complexity index is 1180. The van der Waals surface area contributed by atoms with Gasteiger partial charge < -0.3 is 0 Å². The lowest BCUT2D eigenvalue weighted by Crippen LogP contribution is -2.24. The van der Waals surface area contributed by atoms with E-state index in [0.29, 0.717) is 23.8 Å². The van der Waals surface area contributed by atoms with E-state index in [1.165, 1.54) is 21.7 Å². The molecule has 1 fully saturated rings. The minimum atomic E-state index is -3.19. The number of benzene rings is 2. The fourth-order valence-electron chi connectivity index (χ4n) is 3.31. The predicted octanol–water partition coefficient (Wildman–Crippen LogP) is 4.31. The molecule has 2 heterocycles. The summed E-state index contributed by atoms with van der Waals surface area (Å²) in [5, 5.41) is 3.36. The Morgan fingerprint density at radius 2 is 1.87 bits per heavy atom. The Balaban J connectivity index is 1.41. The second kappa shape index (κ2) is 8.41. The van der Waals surface area contributed by atoms with Gasteiger partial charge in [0, 0.05) is 12.6 Å². The highest BCUT2D eigenvalue weighted by Gasteiger charge is 2.28. The molecule has 0 radical (unpaired) electrons. The number of thiazole rings is 1. The van der Waals surface area contributed by atoms with E-state index in [0.717, 1.165) is 21.7 Å². The summed E-state index contributed by atoms with van der Waals surface area (Å²) in [5.41, 5.74) is 3.41. The molecule has 1 amide bonds. The number of amides is 1. The summed E-state index contributed by atoms with van der Waals surface area (Å²) in [7, 11) is -3.19. The third-order valence-corrected chi connectivity index (χ3v) is 7.76. The molecule has 4 rings (SSSR count). The van der Waals surface area contributed by atoms with Crippen LogP contribution in [0, 0.1) is 6.92 Å². The zero-order valence-electron chi connectivity index (χ0n) is 16.4. The van der Waals surface area contributed by atoms with E-state index in [9.17, 15) is 13.2 Å². The Kier molecular flexibility index (Phi) is 5.69. The molecule has 8 heteroatoms. The maximum Gasteiger partial charge on any atom is 0.250 e. The monoisotopic (exact) mass is 439 g/mol. The van der Waals surface area contributed by atoms with E-state index in [2.05, 4.69) is 10.3 Å². The number of carbonyl (C=O) groups is 1. The van der Waals surface area contributed by atoms with Crippen LogP contribution in [-0.4, -0.2) is 31.6 Å². The van der Waals surface area contributed by atoms with Crippen LogP contribution in [0.25, 0.3) is 16.5 Å². The van der Waals surface area contributed by atoms with E-state index in [4.69, 9.17) is 0 Å². The Morgan fingerprint density at radius 3 is 2.53 bits per heavy atom. The number of hydrogen-bond donors (Lipinski definition) is 1. The molecule has 154 valence electrons. The second-order valence-electron chi connectivity index (χ2n) is 6.96. The number of anilines is 2. The first-order chi connectivity index (χ1) is 14.4. The predicted molar refractivity (Wildman–Crippen MR) is 122 cm³/mol. The standard InChI is InChI=1S/C22H21N3O3S2/c1-16-21(18-6-3-2-4-7-18)29-22(23-16)24-20(26)13-10-17-8-11-19(12-9-17)25-14-5-15-30(25,27)28/h2-4,6-13H,5,14-15H2,1H3,(H,23,24,26)/b13-10+. The number of aromatic nitrogens is 1. The number of carbonyl (C=O) groups excluding carboxylic acids is 1. The quantitative estimate of drug-likeness (QED) is 0.601. The summed E-state index contributed by atoms with van der Waals surface area (Å²) in [6, 6.07) is 17.1. The van der Waals surface area contributed by atoms with Crippen molar-refractivity contribution in [2.24, 2.45) is 0 Å². The van der Waals surface area contributed by atoms with Gasteiger partial charge in [0.05, 0.1) is 22.0 Å². The molecule has 1 aromatic heterocycles. The second-order valence-corrected chi connectivity index (χ2v) is 9.97. The van der Waals surface area contributed by atoms with Gasteiger partial charge in [-0.1, -0.05) is 53.8 Å². The van der Waals surface area contributed by atoms with Crippen molar-refractivity contribution in [2.75, 3.05) is 21.9 Å². The fraction of sp³-hybridized carbons (Fsp3) is 0.182. The van der Waals surface area contributed by atoms with Crippen LogP contribution in [0.3, 0.4) is 0 Å². The molecule has 0 aliphatic carbocycles. The molecule has 0 saturated carbocycles. The summed E-state index contributed by atoms with van der Waals surface area (Å²) < 4.78 is 25.4. The van der Waals surface area contributed by atoms with Crippen LogP contribution in [0.4, 0.5) is 10.8 Å². The number of rotatable bonds is 5. The van der Waals surface area contributed by atoms with Crippen molar-refractivity contribution >= 4 is 44.2 Å². The molecule has 0 bridgehead atoms. The van der Waals surface area contributed by atoms with Crippen molar-refractivity contribution in [2.45, 2.75) is 13.3 Å². The lowest BCUT2D eigenvalue weighted by atomic mass is 10.2. The highest BCUT2D eigenvalue weighted by molar-refractivity contribution is 7.93. The molecule has 30 heavy (non-hydrogen) atoms. The minimum Gasteiger partial charge on any atom is -0.298 e. The number of nitrogens with zero attached hydrogens (tertiary/aromatic N) is 2. The fourth-order valence-corrected chi connectivity index (χ4v) is 5.85. The first kappa shape index (κ1) is 20.3. The van der Waals surface area contributed by atoms with Gasteiger partial charge in [0.25, 0.3) is 0 Å². The average Bonchev–Trinajstić information content (AvgIpc) is 3.28. The van der Waals surface area contributed by atoms with Crippen LogP contribution < -0.4 is 9.62 Å². The molecule has 0 unspecified atom stereocenters. The van der Waals surface area contributed by atoms with Crippen LogP contribution in [0.1, 0.15) is 17.7 Å². The van der Waals surface area contributed by atoms with Gasteiger partial charge in [-0.25, -0.2) is 13.4 Å². The Labute approximate surface area is 179 Å². The zero-order valence-corrected chi connectivity index (χ0v) is 18.0. The van der Waals surface area contributed by atoms with Gasteiger partial charge >= 0.3 is 0 Å². The van der Waals surface area contributed by atoms with Gasteiger partial charge in [-0.2, -0.15) is 0 Å². The average molecular weight is 440 g/mol. The number of sulfonamides is 1. The van der Waals surface area contributed by atoms with Crippen molar-refractivity contribution in [3.8, 4) is 10.4 Å². The number of hydrogen-bond acceptors (Lipinski definition) is 5. The molecule has 1 aliphatic rings. The molecular formula is C22H21N3O3S2. The van der Waals surface area contributed by atoms with Crippen LogP contribution in [0.15, 0.2) is 60.7 Å². The molecular weight excluding hydrogens is 418 g/mol. The van der Waals surface area contributed by atoms with Crippen molar-refractivity contribution in [1.29, 1.82) is 0 Å². The van der Waals surface area contributed by atoms with Crippen LogP contribution in [0.2, 0.25) is 0 Å². The number of nitrogens with one attached hydrogen (secondary N) is 1. The van der Waals surface area contributed by atoms with Gasteiger partial charge in [0.15, 0.2) is 5.13 Å². The largest absolute Gasteiger partial charge is 0.298 e. The van der Waals surface area contributed by atoms with Crippen molar-refractivity contribution in [1.82, 2.24) is 4.98 Å². The molecule has 3 aromatic rings. The lowest BCUT2D eigenvalue weighted by Gasteiger charge is -2.16. The van der Waals surface area contributed by atoms with Gasteiger partial charge in [0.2, 0.25) is 15.9 Å². The molecule has 0 atom stereocenters. The summed E-state index contributed by atoms with van der Waals surface area (Å²) in [5.74, 6) is -0.0774. The highest BCUT2D eigenvalue weighted by atomic mass is 32.2. The Morgan fingerprint density at radius 1 is 1.13 bits per heavy atom. The van der Waals surface area contributed by atoms with E-state index in [1.807, 2.05) is 37.3 Å². The SMILES string of the molecule is Cc1nc(NC(=O)/C=C/c2ccc(N3CCCS3(=O)=O)cc2)sc1-c1ccccc1. The lowest BCUT2D eigenvalue weighted by molar-refractivity contribution is -0.111. The maximum absolute atomic E-state index is 12.3. The summed E-state index contributed by atoms with van der Waals surface area (Å²) in [6.45, 7) is 2.44. The minimum absolute atomic E-state index is 0.192. The smallest absolute Gasteiger partial charge is 0.250 e. The topological polar surface area (TPSA) is 79.4 Å². The molecule has 0 spiro atoms. The highest BCUT2D eigenvalue weighted by Crippen LogP contribution is 2.32. The Hall–Kier alpha value is -2.97. The molecule has 2 aromatic carbocycles.